The Morgan fingerprint density at radius 3 is 3.06 bits per heavy atom. The standard InChI is InChI=1S/C11H12N4O2S/c1-7-9(10(16)17-2)18-11(15-7)13-5-8-3-4-12-6-14-8/h3-4,6H,5H2,1-2H3,(H,13,15). The number of methoxy groups -OCH3 is 1. The number of aryl methyl sites for hydroxylation is 1. The number of thiazole rings is 1. The van der Waals surface area contributed by atoms with Crippen LogP contribution < -0.4 is 5.32 Å². The van der Waals surface area contributed by atoms with Crippen molar-refractivity contribution in [1.82, 2.24) is 15.0 Å². The van der Waals surface area contributed by atoms with E-state index in [2.05, 4.69) is 25.0 Å². The lowest BCUT2D eigenvalue weighted by molar-refractivity contribution is 0.0605. The van der Waals surface area contributed by atoms with Crippen molar-refractivity contribution in [3.05, 3.63) is 34.9 Å². The molecule has 0 amide bonds. The molecule has 2 aromatic heterocycles. The maximum atomic E-state index is 11.4. The van der Waals surface area contributed by atoms with E-state index in [1.165, 1.54) is 24.8 Å². The molecule has 0 aromatic carbocycles. The second-order valence-corrected chi connectivity index (χ2v) is 4.48. The molecule has 0 aliphatic heterocycles. The minimum absolute atomic E-state index is 0.361. The molecule has 6 nitrogen and oxygen atoms in total. The molecule has 18 heavy (non-hydrogen) atoms. The lowest BCUT2D eigenvalue weighted by atomic mass is 10.4. The first-order valence-corrected chi connectivity index (χ1v) is 6.07. The number of aromatic nitrogens is 3. The normalized spacial score (nSPS) is 10.1. The maximum absolute atomic E-state index is 11.4. The number of nitrogens with one attached hydrogen (secondary N) is 1. The molecule has 2 rings (SSSR count). The molecule has 0 atom stereocenters. The summed E-state index contributed by atoms with van der Waals surface area (Å²) < 4.78 is 4.68. The van der Waals surface area contributed by atoms with Crippen molar-refractivity contribution in [3.8, 4) is 0 Å². The molecule has 0 unspecified atom stereocenters. The Kier molecular flexibility index (Phi) is 3.83. The maximum Gasteiger partial charge on any atom is 0.350 e. The Morgan fingerprint density at radius 2 is 2.39 bits per heavy atom. The fourth-order valence-corrected chi connectivity index (χ4v) is 2.22. The lowest BCUT2D eigenvalue weighted by Crippen LogP contribution is -2.01. The summed E-state index contributed by atoms with van der Waals surface area (Å²) in [5.41, 5.74) is 1.52. The summed E-state index contributed by atoms with van der Waals surface area (Å²) in [6.45, 7) is 2.31. The van der Waals surface area contributed by atoms with Crippen molar-refractivity contribution in [2.45, 2.75) is 13.5 Å². The van der Waals surface area contributed by atoms with Gasteiger partial charge in [-0.25, -0.2) is 19.7 Å². The Hall–Kier alpha value is -2.02. The fourth-order valence-electron chi connectivity index (χ4n) is 1.34. The number of carbonyl (C=O) groups is 1. The first-order chi connectivity index (χ1) is 8.70. The van der Waals surface area contributed by atoms with Gasteiger partial charge in [-0.1, -0.05) is 11.3 Å². The predicted octanol–water partition coefficient (Wildman–Crippen LogP) is 1.64. The monoisotopic (exact) mass is 264 g/mol. The zero-order valence-corrected chi connectivity index (χ0v) is 10.8. The van der Waals surface area contributed by atoms with E-state index in [4.69, 9.17) is 0 Å². The highest BCUT2D eigenvalue weighted by Crippen LogP contribution is 2.23. The van der Waals surface area contributed by atoms with Gasteiger partial charge < -0.3 is 10.1 Å². The van der Waals surface area contributed by atoms with Gasteiger partial charge in [0.25, 0.3) is 0 Å². The van der Waals surface area contributed by atoms with Gasteiger partial charge >= 0.3 is 5.97 Å². The van der Waals surface area contributed by atoms with Crippen LogP contribution in [0.1, 0.15) is 21.1 Å². The molecule has 1 N–H and O–H groups in total. The third-order valence-electron chi connectivity index (χ3n) is 2.23. The molecule has 2 heterocycles. The van der Waals surface area contributed by atoms with Crippen molar-refractivity contribution in [1.29, 1.82) is 0 Å². The van der Waals surface area contributed by atoms with Crippen LogP contribution in [-0.2, 0) is 11.3 Å². The van der Waals surface area contributed by atoms with Crippen molar-refractivity contribution in [3.63, 3.8) is 0 Å². The second kappa shape index (κ2) is 5.54. The number of hydrogen-bond donors (Lipinski definition) is 1. The van der Waals surface area contributed by atoms with Gasteiger partial charge in [0.15, 0.2) is 5.13 Å². The summed E-state index contributed by atoms with van der Waals surface area (Å²) in [5, 5.41) is 3.78. The largest absolute Gasteiger partial charge is 0.465 e. The summed E-state index contributed by atoms with van der Waals surface area (Å²) in [6.07, 6.45) is 3.17. The van der Waals surface area contributed by atoms with E-state index in [9.17, 15) is 4.79 Å². The Bertz CT molecular complexity index is 541. The van der Waals surface area contributed by atoms with Crippen LogP contribution in [0.15, 0.2) is 18.6 Å². The number of anilines is 1. The van der Waals surface area contributed by atoms with Crippen LogP contribution in [0, 0.1) is 6.92 Å². The van der Waals surface area contributed by atoms with Gasteiger partial charge in [-0.05, 0) is 13.0 Å². The van der Waals surface area contributed by atoms with Crippen LogP contribution >= 0.6 is 11.3 Å². The number of rotatable bonds is 4. The number of nitrogens with zero attached hydrogens (tertiary/aromatic N) is 3. The van der Waals surface area contributed by atoms with E-state index in [1.54, 1.807) is 13.1 Å². The average molecular weight is 264 g/mol. The van der Waals surface area contributed by atoms with Crippen LogP contribution in [0.5, 0.6) is 0 Å². The molecule has 0 aliphatic rings. The van der Waals surface area contributed by atoms with Gasteiger partial charge in [-0.2, -0.15) is 0 Å². The van der Waals surface area contributed by atoms with Crippen LogP contribution in [0.25, 0.3) is 0 Å². The molecule has 0 spiro atoms. The van der Waals surface area contributed by atoms with Crippen molar-refractivity contribution < 1.29 is 9.53 Å². The van der Waals surface area contributed by atoms with Gasteiger partial charge in [0.1, 0.15) is 11.2 Å². The van der Waals surface area contributed by atoms with E-state index in [1.807, 2.05) is 6.07 Å². The molecule has 0 radical (unpaired) electrons. The smallest absolute Gasteiger partial charge is 0.350 e. The summed E-state index contributed by atoms with van der Waals surface area (Å²) in [5.74, 6) is -0.361. The Labute approximate surface area is 108 Å². The molecule has 0 aliphatic carbocycles. The van der Waals surface area contributed by atoms with Gasteiger partial charge in [-0.3, -0.25) is 0 Å². The van der Waals surface area contributed by atoms with Crippen molar-refractivity contribution in [2.24, 2.45) is 0 Å². The zero-order chi connectivity index (χ0) is 13.0. The van der Waals surface area contributed by atoms with E-state index >= 15 is 0 Å². The predicted molar refractivity (Wildman–Crippen MR) is 67.5 cm³/mol. The molecule has 94 valence electrons. The topological polar surface area (TPSA) is 77.0 Å². The zero-order valence-electron chi connectivity index (χ0n) is 10.0. The molecule has 2 aromatic rings. The van der Waals surface area contributed by atoms with Gasteiger partial charge in [0.2, 0.25) is 0 Å². The van der Waals surface area contributed by atoms with Crippen molar-refractivity contribution >= 4 is 22.4 Å². The first-order valence-electron chi connectivity index (χ1n) is 5.25. The number of hydrogen-bond acceptors (Lipinski definition) is 7. The number of ether oxygens (including phenoxy) is 1. The molecule has 0 saturated carbocycles. The Balaban J connectivity index is 2.05. The van der Waals surface area contributed by atoms with E-state index in [0.29, 0.717) is 22.2 Å². The van der Waals surface area contributed by atoms with Crippen LogP contribution in [-0.4, -0.2) is 28.0 Å². The van der Waals surface area contributed by atoms with E-state index in [0.717, 1.165) is 5.69 Å². The molecular formula is C11H12N4O2S. The third-order valence-corrected chi connectivity index (χ3v) is 3.33. The summed E-state index contributed by atoms with van der Waals surface area (Å²) in [7, 11) is 1.36. The quantitative estimate of drug-likeness (QED) is 0.846. The summed E-state index contributed by atoms with van der Waals surface area (Å²) >= 11 is 1.27. The van der Waals surface area contributed by atoms with Crippen molar-refractivity contribution in [2.75, 3.05) is 12.4 Å². The highest BCUT2D eigenvalue weighted by atomic mass is 32.1. The summed E-state index contributed by atoms with van der Waals surface area (Å²) in [4.78, 5) is 24.1. The fraction of sp³-hybridized carbons (Fsp3) is 0.273. The van der Waals surface area contributed by atoms with E-state index < -0.39 is 0 Å². The number of carbonyl (C=O) groups excluding carboxylic acids is 1. The molecule has 7 heteroatoms. The lowest BCUT2D eigenvalue weighted by Gasteiger charge is -2.00. The molecule has 0 bridgehead atoms. The van der Waals surface area contributed by atoms with Gasteiger partial charge in [0, 0.05) is 6.20 Å². The molecular weight excluding hydrogens is 252 g/mol. The third kappa shape index (κ3) is 2.80. The number of esters is 1. The SMILES string of the molecule is COC(=O)c1sc(NCc2ccncn2)nc1C. The highest BCUT2D eigenvalue weighted by molar-refractivity contribution is 7.17. The van der Waals surface area contributed by atoms with Crippen LogP contribution in [0.3, 0.4) is 0 Å². The highest BCUT2D eigenvalue weighted by Gasteiger charge is 2.15. The summed E-state index contributed by atoms with van der Waals surface area (Å²) in [6, 6.07) is 1.81. The Morgan fingerprint density at radius 1 is 1.56 bits per heavy atom. The van der Waals surface area contributed by atoms with Gasteiger partial charge in [0.05, 0.1) is 25.0 Å². The average Bonchev–Trinajstić information content (AvgIpc) is 2.78. The minimum atomic E-state index is -0.361. The van der Waals surface area contributed by atoms with Crippen LogP contribution in [0.4, 0.5) is 5.13 Å². The molecule has 0 fully saturated rings. The molecule has 0 saturated heterocycles. The van der Waals surface area contributed by atoms with E-state index in [-0.39, 0.29) is 5.97 Å². The first kappa shape index (κ1) is 12.4. The minimum Gasteiger partial charge on any atom is -0.465 e. The second-order valence-electron chi connectivity index (χ2n) is 3.48. The van der Waals surface area contributed by atoms with Crippen LogP contribution in [0.2, 0.25) is 0 Å². The van der Waals surface area contributed by atoms with Gasteiger partial charge in [-0.15, -0.1) is 0 Å².